The van der Waals surface area contributed by atoms with Crippen molar-refractivity contribution in [1.82, 2.24) is 5.32 Å². The molecule has 2 aromatic rings. The van der Waals surface area contributed by atoms with E-state index >= 15 is 0 Å². The molecule has 21 heavy (non-hydrogen) atoms. The molecule has 2 unspecified atom stereocenters. The summed E-state index contributed by atoms with van der Waals surface area (Å²) in [6, 6.07) is 12.2. The number of hydrogen-bond donors (Lipinski definition) is 1. The van der Waals surface area contributed by atoms with Gasteiger partial charge >= 0.3 is 0 Å². The Kier molecular flexibility index (Phi) is 5.63. The second-order valence-corrected chi connectivity index (χ2v) is 5.88. The molecule has 0 saturated heterocycles. The Hall–Kier alpha value is -1.09. The van der Waals surface area contributed by atoms with Gasteiger partial charge < -0.3 is 5.32 Å². The third-order valence-electron chi connectivity index (χ3n) is 3.57. The van der Waals surface area contributed by atoms with Gasteiger partial charge in [0.2, 0.25) is 0 Å². The molecule has 112 valence electrons. The maximum absolute atomic E-state index is 13.8. The first-order valence-electron chi connectivity index (χ1n) is 6.98. The van der Waals surface area contributed by atoms with Crippen LogP contribution in [0.1, 0.15) is 43.5 Å². The molecule has 2 atom stereocenters. The highest BCUT2D eigenvalue weighted by molar-refractivity contribution is 6.35. The maximum atomic E-state index is 13.8. The topological polar surface area (TPSA) is 12.0 Å². The van der Waals surface area contributed by atoms with E-state index in [1.54, 1.807) is 18.2 Å². The first kappa shape index (κ1) is 16.3. The van der Waals surface area contributed by atoms with Gasteiger partial charge in [0.1, 0.15) is 5.82 Å². The monoisotopic (exact) mass is 325 g/mol. The zero-order valence-electron chi connectivity index (χ0n) is 12.0. The van der Waals surface area contributed by atoms with Crippen LogP contribution in [0.15, 0.2) is 42.5 Å². The van der Waals surface area contributed by atoms with Gasteiger partial charge in [0, 0.05) is 27.7 Å². The average molecular weight is 326 g/mol. The summed E-state index contributed by atoms with van der Waals surface area (Å²) in [5.41, 5.74) is 1.63. The van der Waals surface area contributed by atoms with E-state index in [2.05, 4.69) is 12.2 Å². The number of hydrogen-bond acceptors (Lipinski definition) is 1. The lowest BCUT2D eigenvalue weighted by Gasteiger charge is -2.24. The molecule has 1 N–H and O–H groups in total. The summed E-state index contributed by atoms with van der Waals surface area (Å²) in [6.07, 6.45) is 0.847. The molecule has 1 nitrogen and oxygen atoms in total. The van der Waals surface area contributed by atoms with Crippen LogP contribution in [0, 0.1) is 5.82 Å². The molecule has 0 heterocycles. The van der Waals surface area contributed by atoms with Gasteiger partial charge in [0.25, 0.3) is 0 Å². The molecular weight excluding hydrogens is 308 g/mol. The van der Waals surface area contributed by atoms with E-state index < -0.39 is 0 Å². The van der Waals surface area contributed by atoms with E-state index in [-0.39, 0.29) is 17.9 Å². The zero-order valence-corrected chi connectivity index (χ0v) is 13.5. The van der Waals surface area contributed by atoms with Gasteiger partial charge in [-0.05, 0) is 37.1 Å². The van der Waals surface area contributed by atoms with Gasteiger partial charge in [-0.25, -0.2) is 4.39 Å². The van der Waals surface area contributed by atoms with Crippen LogP contribution >= 0.6 is 23.2 Å². The standard InChI is InChI=1S/C17H18Cl2FN/c1-3-17(14-9-8-12(18)10-15(14)19)21-11(2)13-6-4-5-7-16(13)20/h4-11,17,21H,3H2,1-2H3. The van der Waals surface area contributed by atoms with Crippen LogP contribution in [0.25, 0.3) is 0 Å². The zero-order chi connectivity index (χ0) is 15.4. The van der Waals surface area contributed by atoms with Crippen LogP contribution in [0.4, 0.5) is 4.39 Å². The van der Waals surface area contributed by atoms with E-state index in [4.69, 9.17) is 23.2 Å². The molecular formula is C17H18Cl2FN. The lowest BCUT2D eigenvalue weighted by molar-refractivity contribution is 0.443. The highest BCUT2D eigenvalue weighted by atomic mass is 35.5. The van der Waals surface area contributed by atoms with Crippen molar-refractivity contribution in [3.8, 4) is 0 Å². The van der Waals surface area contributed by atoms with Crippen molar-refractivity contribution < 1.29 is 4.39 Å². The van der Waals surface area contributed by atoms with Gasteiger partial charge in [-0.1, -0.05) is 54.4 Å². The second-order valence-electron chi connectivity index (χ2n) is 5.04. The number of nitrogens with one attached hydrogen (secondary N) is 1. The van der Waals surface area contributed by atoms with E-state index in [0.717, 1.165) is 12.0 Å². The van der Waals surface area contributed by atoms with E-state index in [9.17, 15) is 4.39 Å². The summed E-state index contributed by atoms with van der Waals surface area (Å²) in [4.78, 5) is 0. The van der Waals surface area contributed by atoms with Gasteiger partial charge in [-0.3, -0.25) is 0 Å². The van der Waals surface area contributed by atoms with Crippen LogP contribution in [0.2, 0.25) is 10.0 Å². The maximum Gasteiger partial charge on any atom is 0.127 e. The molecule has 0 aliphatic carbocycles. The van der Waals surface area contributed by atoms with Crippen molar-refractivity contribution in [2.45, 2.75) is 32.4 Å². The fraction of sp³-hybridized carbons (Fsp3) is 0.294. The average Bonchev–Trinajstić information content (AvgIpc) is 2.45. The number of halogens is 3. The fourth-order valence-corrected chi connectivity index (χ4v) is 2.97. The molecule has 2 aromatic carbocycles. The summed E-state index contributed by atoms with van der Waals surface area (Å²) >= 11 is 12.2. The van der Waals surface area contributed by atoms with Crippen LogP contribution < -0.4 is 5.32 Å². The van der Waals surface area contributed by atoms with Crippen LogP contribution in [-0.2, 0) is 0 Å². The number of benzene rings is 2. The minimum absolute atomic E-state index is 0.0457. The summed E-state index contributed by atoms with van der Waals surface area (Å²) in [6.45, 7) is 4.02. The third-order valence-corrected chi connectivity index (χ3v) is 4.13. The van der Waals surface area contributed by atoms with Crippen molar-refractivity contribution in [1.29, 1.82) is 0 Å². The highest BCUT2D eigenvalue weighted by Crippen LogP contribution is 2.30. The Morgan fingerprint density at radius 3 is 2.43 bits per heavy atom. The lowest BCUT2D eigenvalue weighted by Crippen LogP contribution is -2.25. The normalized spacial score (nSPS) is 14.0. The van der Waals surface area contributed by atoms with Crippen LogP contribution in [0.5, 0.6) is 0 Å². The largest absolute Gasteiger partial charge is 0.303 e. The van der Waals surface area contributed by atoms with Crippen LogP contribution in [-0.4, -0.2) is 0 Å². The minimum Gasteiger partial charge on any atom is -0.303 e. The Morgan fingerprint density at radius 1 is 1.10 bits per heavy atom. The third kappa shape index (κ3) is 3.97. The molecule has 0 amide bonds. The smallest absolute Gasteiger partial charge is 0.127 e. The molecule has 0 radical (unpaired) electrons. The summed E-state index contributed by atoms with van der Waals surface area (Å²) < 4.78 is 13.8. The predicted octanol–water partition coefficient (Wildman–Crippen LogP) is 5.93. The minimum atomic E-state index is -0.199. The first-order chi connectivity index (χ1) is 10.0. The predicted molar refractivity (Wildman–Crippen MR) is 87.4 cm³/mol. The first-order valence-corrected chi connectivity index (χ1v) is 7.74. The van der Waals surface area contributed by atoms with Gasteiger partial charge in [-0.2, -0.15) is 0 Å². The summed E-state index contributed by atoms with van der Waals surface area (Å²) in [5, 5.41) is 4.67. The van der Waals surface area contributed by atoms with E-state index in [1.165, 1.54) is 6.07 Å². The lowest BCUT2D eigenvalue weighted by atomic mass is 10.0. The molecule has 0 fully saturated rings. The Bertz CT molecular complexity index is 615. The summed E-state index contributed by atoms with van der Waals surface area (Å²) in [7, 11) is 0. The molecule has 4 heteroatoms. The Balaban J connectivity index is 2.21. The molecule has 2 rings (SSSR count). The molecule has 0 saturated carbocycles. The number of rotatable bonds is 5. The van der Waals surface area contributed by atoms with Gasteiger partial charge in [-0.15, -0.1) is 0 Å². The Labute approximate surface area is 135 Å². The molecule has 0 bridgehead atoms. The van der Waals surface area contributed by atoms with Crippen molar-refractivity contribution in [3.63, 3.8) is 0 Å². The van der Waals surface area contributed by atoms with Crippen molar-refractivity contribution in [2.75, 3.05) is 0 Å². The molecule has 0 spiro atoms. The van der Waals surface area contributed by atoms with Gasteiger partial charge in [0.05, 0.1) is 0 Å². The molecule has 0 aromatic heterocycles. The SMILES string of the molecule is CCC(NC(C)c1ccccc1F)c1ccc(Cl)cc1Cl. The van der Waals surface area contributed by atoms with Crippen molar-refractivity contribution in [3.05, 3.63) is 69.5 Å². The van der Waals surface area contributed by atoms with Crippen molar-refractivity contribution in [2.24, 2.45) is 0 Å². The fourth-order valence-electron chi connectivity index (χ4n) is 2.43. The Morgan fingerprint density at radius 2 is 1.81 bits per heavy atom. The van der Waals surface area contributed by atoms with E-state index in [0.29, 0.717) is 15.6 Å². The summed E-state index contributed by atoms with van der Waals surface area (Å²) in [5.74, 6) is -0.199. The van der Waals surface area contributed by atoms with Crippen LogP contribution in [0.3, 0.4) is 0 Å². The van der Waals surface area contributed by atoms with Gasteiger partial charge in [0.15, 0.2) is 0 Å². The molecule has 0 aliphatic rings. The van der Waals surface area contributed by atoms with Crippen molar-refractivity contribution >= 4 is 23.2 Å². The second kappa shape index (κ2) is 7.26. The highest BCUT2D eigenvalue weighted by Gasteiger charge is 2.18. The molecule has 0 aliphatic heterocycles. The quantitative estimate of drug-likeness (QED) is 0.717. The van der Waals surface area contributed by atoms with E-state index in [1.807, 2.05) is 25.1 Å².